The predicted molar refractivity (Wildman–Crippen MR) is 110 cm³/mol. The summed E-state index contributed by atoms with van der Waals surface area (Å²) >= 11 is 8.61. The van der Waals surface area contributed by atoms with E-state index in [0.29, 0.717) is 11.4 Å². The minimum Gasteiger partial charge on any atom is -0.301 e. The Bertz CT molecular complexity index is 925. The summed E-state index contributed by atoms with van der Waals surface area (Å²) in [7, 11) is 0. The first-order valence-electron chi connectivity index (χ1n) is 7.92. The van der Waals surface area contributed by atoms with Crippen LogP contribution in [0, 0.1) is 19.8 Å². The molecule has 2 amide bonds. The summed E-state index contributed by atoms with van der Waals surface area (Å²) in [4.78, 5) is 30.7. The number of anilines is 1. The highest BCUT2D eigenvalue weighted by Gasteiger charge is 2.38. The van der Waals surface area contributed by atoms with Crippen LogP contribution in [0.5, 0.6) is 0 Å². The van der Waals surface area contributed by atoms with Gasteiger partial charge in [-0.1, -0.05) is 33.6 Å². The molecule has 0 aromatic heterocycles. The molecule has 3 rings (SSSR count). The number of halogens is 1. The van der Waals surface area contributed by atoms with Crippen molar-refractivity contribution in [1.82, 2.24) is 5.32 Å². The maximum atomic E-state index is 12.9. The van der Waals surface area contributed by atoms with Crippen molar-refractivity contribution in [2.45, 2.75) is 13.8 Å². The van der Waals surface area contributed by atoms with Gasteiger partial charge in [-0.15, -0.1) is 0 Å². The molecule has 2 aromatic carbocycles. The van der Waals surface area contributed by atoms with Gasteiger partial charge >= 0.3 is 0 Å². The number of hydrogen-bond donors (Lipinski definition) is 1. The first kappa shape index (κ1) is 18.4. The van der Waals surface area contributed by atoms with Crippen LogP contribution < -0.4 is 10.2 Å². The molecule has 1 saturated heterocycles. The second-order valence-corrected chi connectivity index (χ2v) is 7.23. The average molecular weight is 430 g/mol. The van der Waals surface area contributed by atoms with Crippen LogP contribution >= 0.6 is 28.1 Å². The number of nitrogens with one attached hydrogen (secondary N) is 1. The molecule has 1 atom stereocenters. The molecule has 132 valence electrons. The molecule has 0 radical (unpaired) electrons. The van der Waals surface area contributed by atoms with Gasteiger partial charge in [0.15, 0.2) is 11.0 Å². The van der Waals surface area contributed by atoms with Gasteiger partial charge in [0.05, 0.1) is 11.4 Å². The summed E-state index contributed by atoms with van der Waals surface area (Å²) in [5.74, 6) is -1.92. The van der Waals surface area contributed by atoms with E-state index >= 15 is 0 Å². The molecule has 1 aliphatic rings. The number of rotatable bonds is 3. The standard InChI is InChI=1S/C19H16BrN3O2S/c1-11-3-6-14(7-4-11)23-18(25)15(17(24)22-19(23)26)10-21-13-5-8-16(20)12(2)9-13/h3-10,15H,1-2H3,(H,22,24,26)/t15-/m1/s1. The zero-order chi connectivity index (χ0) is 18.8. The Morgan fingerprint density at radius 1 is 1.15 bits per heavy atom. The summed E-state index contributed by atoms with van der Waals surface area (Å²) in [6.45, 7) is 3.90. The smallest absolute Gasteiger partial charge is 0.251 e. The van der Waals surface area contributed by atoms with Crippen LogP contribution in [-0.2, 0) is 9.59 Å². The SMILES string of the molecule is Cc1ccc(N2C(=O)[C@H](C=Nc3ccc(Br)c(C)c3)C(=O)NC2=S)cc1. The topological polar surface area (TPSA) is 61.8 Å². The van der Waals surface area contributed by atoms with Crippen molar-refractivity contribution in [2.24, 2.45) is 10.9 Å². The van der Waals surface area contributed by atoms with Crippen LogP contribution in [0.2, 0.25) is 0 Å². The Morgan fingerprint density at radius 3 is 2.50 bits per heavy atom. The Hall–Kier alpha value is -2.38. The van der Waals surface area contributed by atoms with Crippen LogP contribution in [0.3, 0.4) is 0 Å². The Kier molecular flexibility index (Phi) is 5.29. The van der Waals surface area contributed by atoms with Gasteiger partial charge in [0, 0.05) is 10.7 Å². The van der Waals surface area contributed by atoms with Crippen molar-refractivity contribution in [3.8, 4) is 0 Å². The lowest BCUT2D eigenvalue weighted by Gasteiger charge is -2.30. The van der Waals surface area contributed by atoms with Gasteiger partial charge in [-0.3, -0.25) is 19.5 Å². The summed E-state index contributed by atoms with van der Waals surface area (Å²) in [5, 5.41) is 2.66. The van der Waals surface area contributed by atoms with E-state index in [1.165, 1.54) is 11.1 Å². The van der Waals surface area contributed by atoms with E-state index in [0.717, 1.165) is 15.6 Å². The first-order valence-corrected chi connectivity index (χ1v) is 9.13. The molecule has 0 unspecified atom stereocenters. The van der Waals surface area contributed by atoms with E-state index in [2.05, 4.69) is 26.2 Å². The van der Waals surface area contributed by atoms with Crippen LogP contribution in [-0.4, -0.2) is 23.1 Å². The number of aryl methyl sites for hydroxylation is 2. The fourth-order valence-electron chi connectivity index (χ4n) is 2.53. The van der Waals surface area contributed by atoms with E-state index in [1.54, 1.807) is 18.2 Å². The molecular weight excluding hydrogens is 414 g/mol. The van der Waals surface area contributed by atoms with E-state index in [4.69, 9.17) is 12.2 Å². The van der Waals surface area contributed by atoms with Crippen LogP contribution in [0.4, 0.5) is 11.4 Å². The summed E-state index contributed by atoms with van der Waals surface area (Å²) in [6.07, 6.45) is 1.36. The number of carbonyl (C=O) groups excluding carboxylic acids is 2. The molecule has 0 saturated carbocycles. The number of carbonyl (C=O) groups is 2. The van der Waals surface area contributed by atoms with Gasteiger partial charge in [-0.05, 0) is 62.0 Å². The molecule has 5 nitrogen and oxygen atoms in total. The first-order chi connectivity index (χ1) is 12.4. The van der Waals surface area contributed by atoms with Crippen molar-refractivity contribution >= 4 is 62.7 Å². The van der Waals surface area contributed by atoms with Crippen molar-refractivity contribution < 1.29 is 9.59 Å². The molecule has 1 heterocycles. The minimum absolute atomic E-state index is 0.0768. The van der Waals surface area contributed by atoms with E-state index < -0.39 is 17.7 Å². The number of nitrogens with zero attached hydrogens (tertiary/aromatic N) is 2. The van der Waals surface area contributed by atoms with Crippen LogP contribution in [0.1, 0.15) is 11.1 Å². The van der Waals surface area contributed by atoms with Gasteiger partial charge in [-0.25, -0.2) is 0 Å². The molecule has 0 bridgehead atoms. The number of amides is 2. The Balaban J connectivity index is 1.88. The number of benzene rings is 2. The third kappa shape index (κ3) is 3.73. The highest BCUT2D eigenvalue weighted by Crippen LogP contribution is 2.24. The lowest BCUT2D eigenvalue weighted by atomic mass is 10.1. The highest BCUT2D eigenvalue weighted by molar-refractivity contribution is 9.10. The van der Waals surface area contributed by atoms with Crippen molar-refractivity contribution in [3.63, 3.8) is 0 Å². The zero-order valence-corrected chi connectivity index (χ0v) is 16.6. The Labute approximate surface area is 165 Å². The molecule has 1 fully saturated rings. The van der Waals surface area contributed by atoms with Crippen molar-refractivity contribution in [2.75, 3.05) is 4.90 Å². The van der Waals surface area contributed by atoms with Gasteiger partial charge in [-0.2, -0.15) is 0 Å². The molecule has 0 aliphatic carbocycles. The fraction of sp³-hybridized carbons (Fsp3) is 0.158. The summed E-state index contributed by atoms with van der Waals surface area (Å²) < 4.78 is 0.971. The minimum atomic E-state index is -1.04. The molecule has 1 N–H and O–H groups in total. The number of thiocarbonyl (C=S) groups is 1. The quantitative estimate of drug-likeness (QED) is 0.458. The number of hydrogen-bond acceptors (Lipinski definition) is 4. The monoisotopic (exact) mass is 429 g/mol. The number of aliphatic imine (C=N–C) groups is 1. The normalized spacial score (nSPS) is 17.7. The molecule has 1 aliphatic heterocycles. The average Bonchev–Trinajstić information content (AvgIpc) is 2.59. The summed E-state index contributed by atoms with van der Waals surface area (Å²) in [5.41, 5.74) is 3.36. The van der Waals surface area contributed by atoms with Gasteiger partial charge in [0.2, 0.25) is 5.91 Å². The predicted octanol–water partition coefficient (Wildman–Crippen LogP) is 3.83. The lowest BCUT2D eigenvalue weighted by Crippen LogP contribution is -2.58. The molecule has 2 aromatic rings. The third-order valence-electron chi connectivity index (χ3n) is 4.01. The van der Waals surface area contributed by atoms with E-state index in [-0.39, 0.29) is 5.11 Å². The third-order valence-corrected chi connectivity index (χ3v) is 5.18. The zero-order valence-electron chi connectivity index (χ0n) is 14.2. The van der Waals surface area contributed by atoms with Gasteiger partial charge in [0.25, 0.3) is 5.91 Å². The van der Waals surface area contributed by atoms with E-state index in [1.807, 2.05) is 38.1 Å². The fourth-order valence-corrected chi connectivity index (χ4v) is 3.07. The molecule has 0 spiro atoms. The van der Waals surface area contributed by atoms with Crippen molar-refractivity contribution in [3.05, 3.63) is 58.1 Å². The lowest BCUT2D eigenvalue weighted by molar-refractivity contribution is -0.130. The second-order valence-electron chi connectivity index (χ2n) is 5.99. The Morgan fingerprint density at radius 2 is 1.85 bits per heavy atom. The molecule has 26 heavy (non-hydrogen) atoms. The van der Waals surface area contributed by atoms with Crippen molar-refractivity contribution in [1.29, 1.82) is 0 Å². The molecular formula is C19H16BrN3O2S. The highest BCUT2D eigenvalue weighted by atomic mass is 79.9. The van der Waals surface area contributed by atoms with E-state index in [9.17, 15) is 9.59 Å². The van der Waals surface area contributed by atoms with Crippen LogP contribution in [0.15, 0.2) is 51.9 Å². The maximum Gasteiger partial charge on any atom is 0.251 e. The largest absolute Gasteiger partial charge is 0.301 e. The van der Waals surface area contributed by atoms with Crippen LogP contribution in [0.25, 0.3) is 0 Å². The summed E-state index contributed by atoms with van der Waals surface area (Å²) in [6, 6.07) is 12.9. The second kappa shape index (κ2) is 7.47. The van der Waals surface area contributed by atoms with Gasteiger partial charge in [0.1, 0.15) is 0 Å². The molecule has 7 heteroatoms. The van der Waals surface area contributed by atoms with Gasteiger partial charge < -0.3 is 5.32 Å². The maximum absolute atomic E-state index is 12.9.